The number of allylic oxidation sites excluding steroid dienone is 1. The van der Waals surface area contributed by atoms with Crippen LogP contribution in [-0.2, 0) is 23.9 Å². The number of fused-ring (bicyclic) bond motifs is 1. The molecule has 1 N–H and O–H groups in total. The second kappa shape index (κ2) is 12.8. The van der Waals surface area contributed by atoms with Crippen molar-refractivity contribution in [1.82, 2.24) is 9.80 Å². The summed E-state index contributed by atoms with van der Waals surface area (Å²) in [4.78, 5) is 45.3. The third-order valence-corrected chi connectivity index (χ3v) is 8.89. The Labute approximate surface area is 228 Å². The molecule has 3 unspecified atom stereocenters. The Morgan fingerprint density at radius 1 is 1.18 bits per heavy atom. The van der Waals surface area contributed by atoms with Crippen molar-refractivity contribution >= 4 is 17.8 Å². The summed E-state index contributed by atoms with van der Waals surface area (Å²) in [7, 11) is 0. The van der Waals surface area contributed by atoms with Crippen molar-refractivity contribution in [3.63, 3.8) is 0 Å². The Bertz CT molecular complexity index is 890. The summed E-state index contributed by atoms with van der Waals surface area (Å²) in [5.74, 6) is -2.25. The standard InChI is InChI=1S/C30H48N2O6/c1-7-9-10-15-19-37-28(36)24-23-26(34)32(17-13-11-12-14-18-33)25(27(35)31(16-8-2)21(3)4)30(23)20-22(5)29(24,6)38-30/h7-8,21-25,33H,1-2,9-20H2,3-6H3/t22?,23-,24+,25?,29-,30?/m0/s1. The molecule has 3 aliphatic rings. The van der Waals surface area contributed by atoms with Gasteiger partial charge in [0.2, 0.25) is 11.8 Å². The normalized spacial score (nSPS) is 31.5. The fourth-order valence-electron chi connectivity index (χ4n) is 6.87. The van der Waals surface area contributed by atoms with Gasteiger partial charge in [0, 0.05) is 25.7 Å². The first-order valence-electron chi connectivity index (χ1n) is 14.4. The number of hydrogen-bond donors (Lipinski definition) is 1. The number of ether oxygens (including phenoxy) is 2. The van der Waals surface area contributed by atoms with Crippen LogP contribution >= 0.6 is 0 Å². The van der Waals surface area contributed by atoms with E-state index in [1.54, 1.807) is 15.9 Å². The third-order valence-electron chi connectivity index (χ3n) is 8.89. The molecular weight excluding hydrogens is 484 g/mol. The molecule has 214 valence electrons. The van der Waals surface area contributed by atoms with Crippen molar-refractivity contribution in [2.24, 2.45) is 17.8 Å². The van der Waals surface area contributed by atoms with Gasteiger partial charge >= 0.3 is 5.97 Å². The molecule has 0 saturated carbocycles. The van der Waals surface area contributed by atoms with Crippen molar-refractivity contribution in [3.8, 4) is 0 Å². The van der Waals surface area contributed by atoms with Gasteiger partial charge in [-0.15, -0.1) is 13.2 Å². The van der Waals surface area contributed by atoms with Gasteiger partial charge in [-0.2, -0.15) is 0 Å². The van der Waals surface area contributed by atoms with Crippen molar-refractivity contribution in [2.75, 3.05) is 26.3 Å². The SMILES string of the molecule is C=CCCCCOC(=O)[C@H]1[C@H]2C(=O)N(CCCCCCO)C(C(=O)N(CC=C)C(C)C)C23CC(C)[C@]1(C)O3. The van der Waals surface area contributed by atoms with Crippen LogP contribution in [-0.4, -0.2) is 82.3 Å². The second-order valence-electron chi connectivity index (χ2n) is 11.7. The van der Waals surface area contributed by atoms with Crippen molar-refractivity contribution in [2.45, 2.75) is 102 Å². The summed E-state index contributed by atoms with van der Waals surface area (Å²) in [5.41, 5.74) is -1.93. The van der Waals surface area contributed by atoms with E-state index in [2.05, 4.69) is 13.2 Å². The topological polar surface area (TPSA) is 96.4 Å². The molecule has 2 amide bonds. The number of carbonyl (C=O) groups is 3. The first-order chi connectivity index (χ1) is 18.1. The summed E-state index contributed by atoms with van der Waals surface area (Å²) in [6, 6.07) is -0.879. The third kappa shape index (κ3) is 5.44. The predicted molar refractivity (Wildman–Crippen MR) is 146 cm³/mol. The molecule has 8 nitrogen and oxygen atoms in total. The zero-order chi connectivity index (χ0) is 28.1. The summed E-state index contributed by atoms with van der Waals surface area (Å²) >= 11 is 0. The number of amides is 2. The first-order valence-corrected chi connectivity index (χ1v) is 14.4. The lowest BCUT2D eigenvalue weighted by atomic mass is 9.62. The molecule has 3 heterocycles. The fraction of sp³-hybridized carbons (Fsp3) is 0.767. The van der Waals surface area contributed by atoms with E-state index < -0.39 is 35.0 Å². The monoisotopic (exact) mass is 532 g/mol. The van der Waals surface area contributed by atoms with Gasteiger partial charge in [-0.05, 0) is 65.2 Å². The Balaban J connectivity index is 1.94. The highest BCUT2D eigenvalue weighted by Crippen LogP contribution is 2.65. The number of aliphatic hydroxyl groups is 1. The highest BCUT2D eigenvalue weighted by Gasteiger charge is 2.80. The van der Waals surface area contributed by atoms with Gasteiger partial charge in [-0.3, -0.25) is 14.4 Å². The van der Waals surface area contributed by atoms with E-state index in [1.807, 2.05) is 33.8 Å². The summed E-state index contributed by atoms with van der Waals surface area (Å²) < 4.78 is 12.5. The number of aliphatic hydroxyl groups excluding tert-OH is 1. The maximum atomic E-state index is 14.2. The Kier molecular flexibility index (Phi) is 10.2. The molecule has 3 rings (SSSR count). The first kappa shape index (κ1) is 30.4. The molecule has 0 radical (unpaired) electrons. The summed E-state index contributed by atoms with van der Waals surface area (Å²) in [6.07, 6.45) is 9.68. The maximum Gasteiger partial charge on any atom is 0.312 e. The second-order valence-corrected chi connectivity index (χ2v) is 11.7. The van der Waals surface area contributed by atoms with Gasteiger partial charge in [0.25, 0.3) is 0 Å². The van der Waals surface area contributed by atoms with Gasteiger partial charge < -0.3 is 24.4 Å². The van der Waals surface area contributed by atoms with Gasteiger partial charge in [0.05, 0.1) is 18.1 Å². The Morgan fingerprint density at radius 2 is 1.89 bits per heavy atom. The van der Waals surface area contributed by atoms with Crippen LogP contribution in [0, 0.1) is 17.8 Å². The van der Waals surface area contributed by atoms with Crippen molar-refractivity contribution < 1.29 is 29.0 Å². The van der Waals surface area contributed by atoms with Gasteiger partial charge in [-0.25, -0.2) is 0 Å². The van der Waals surface area contributed by atoms with Crippen molar-refractivity contribution in [1.29, 1.82) is 0 Å². The lowest BCUT2D eigenvalue weighted by molar-refractivity contribution is -0.162. The molecule has 0 aromatic rings. The van der Waals surface area contributed by atoms with E-state index in [4.69, 9.17) is 14.6 Å². The highest BCUT2D eigenvalue weighted by atomic mass is 16.6. The summed E-state index contributed by atoms with van der Waals surface area (Å²) in [6.45, 7) is 16.6. The van der Waals surface area contributed by atoms with E-state index in [9.17, 15) is 14.4 Å². The number of rotatable bonds is 16. The van der Waals surface area contributed by atoms with Crippen LogP contribution in [0.15, 0.2) is 25.3 Å². The molecule has 1 spiro atoms. The highest BCUT2D eigenvalue weighted by molar-refractivity contribution is 5.98. The molecule has 0 aromatic heterocycles. The lowest BCUT2D eigenvalue weighted by Crippen LogP contribution is -2.57. The minimum absolute atomic E-state index is 0.0171. The van der Waals surface area contributed by atoms with Gasteiger partial charge in [-0.1, -0.05) is 31.9 Å². The van der Waals surface area contributed by atoms with Crippen LogP contribution < -0.4 is 0 Å². The average Bonchev–Trinajstić information content (AvgIpc) is 3.38. The molecule has 3 aliphatic heterocycles. The number of unbranched alkanes of at least 4 members (excludes halogenated alkanes) is 5. The van der Waals surface area contributed by atoms with Crippen LogP contribution in [0.25, 0.3) is 0 Å². The average molecular weight is 533 g/mol. The van der Waals surface area contributed by atoms with Crippen LogP contribution in [0.2, 0.25) is 0 Å². The zero-order valence-corrected chi connectivity index (χ0v) is 23.8. The largest absolute Gasteiger partial charge is 0.465 e. The van der Waals surface area contributed by atoms with Crippen LogP contribution in [0.4, 0.5) is 0 Å². The van der Waals surface area contributed by atoms with Crippen LogP contribution in [0.3, 0.4) is 0 Å². The maximum absolute atomic E-state index is 14.2. The molecule has 0 aliphatic carbocycles. The van der Waals surface area contributed by atoms with Crippen LogP contribution in [0.1, 0.15) is 79.1 Å². The Morgan fingerprint density at radius 3 is 2.53 bits per heavy atom. The smallest absolute Gasteiger partial charge is 0.312 e. The Hall–Kier alpha value is -2.19. The molecule has 2 bridgehead atoms. The van der Waals surface area contributed by atoms with Crippen molar-refractivity contribution in [3.05, 3.63) is 25.3 Å². The van der Waals surface area contributed by atoms with E-state index >= 15 is 0 Å². The quantitative estimate of drug-likeness (QED) is 0.184. The van der Waals surface area contributed by atoms with Gasteiger partial charge in [0.1, 0.15) is 17.6 Å². The molecule has 3 saturated heterocycles. The molecule has 38 heavy (non-hydrogen) atoms. The minimum atomic E-state index is -1.06. The van der Waals surface area contributed by atoms with E-state index in [0.29, 0.717) is 39.0 Å². The number of carbonyl (C=O) groups excluding carboxylic acids is 3. The number of hydrogen-bond acceptors (Lipinski definition) is 6. The number of nitrogens with zero attached hydrogens (tertiary/aromatic N) is 2. The number of likely N-dealkylation sites (tertiary alicyclic amines) is 1. The number of esters is 1. The lowest BCUT2D eigenvalue weighted by Gasteiger charge is -2.38. The molecule has 6 atom stereocenters. The molecule has 8 heteroatoms. The van der Waals surface area contributed by atoms with Gasteiger partial charge in [0.15, 0.2) is 0 Å². The van der Waals surface area contributed by atoms with E-state index in [0.717, 1.165) is 32.1 Å². The molecule has 0 aromatic carbocycles. The fourth-order valence-corrected chi connectivity index (χ4v) is 6.87. The van der Waals surface area contributed by atoms with Crippen LogP contribution in [0.5, 0.6) is 0 Å². The molecular formula is C30H48N2O6. The zero-order valence-electron chi connectivity index (χ0n) is 23.8. The van der Waals surface area contributed by atoms with E-state index in [1.165, 1.54) is 0 Å². The van der Waals surface area contributed by atoms with E-state index in [-0.39, 0.29) is 30.4 Å². The minimum Gasteiger partial charge on any atom is -0.465 e. The predicted octanol–water partition coefficient (Wildman–Crippen LogP) is 3.87. The molecule has 3 fully saturated rings. The summed E-state index contributed by atoms with van der Waals surface area (Å²) in [5, 5.41) is 9.12.